The van der Waals surface area contributed by atoms with Gasteiger partial charge in [0, 0.05) is 0 Å². The van der Waals surface area contributed by atoms with Crippen molar-refractivity contribution in [2.24, 2.45) is 5.41 Å². The van der Waals surface area contributed by atoms with E-state index >= 15 is 0 Å². The zero-order chi connectivity index (χ0) is 27.7. The molecule has 0 saturated carbocycles. The Labute approximate surface area is 239 Å². The Morgan fingerprint density at radius 3 is 1.82 bits per heavy atom. The van der Waals surface area contributed by atoms with Gasteiger partial charge in [-0.05, 0) is 0 Å². The van der Waals surface area contributed by atoms with Crippen LogP contribution in [0.4, 0.5) is 0 Å². The number of allylic oxidation sites excluding steroid dienone is 4. The second-order valence-corrected chi connectivity index (χ2v) is 18.9. The van der Waals surface area contributed by atoms with Crippen molar-refractivity contribution in [2.75, 3.05) is 0 Å². The first-order valence-corrected chi connectivity index (χ1v) is 19.0. The zero-order valence-corrected chi connectivity index (χ0v) is 27.5. The molecule has 0 unspecified atom stereocenters. The van der Waals surface area contributed by atoms with Gasteiger partial charge in [0.1, 0.15) is 0 Å². The molecule has 0 saturated heterocycles. The Kier molecular flexibility index (Phi) is 8.67. The molecule has 0 fully saturated rings. The van der Waals surface area contributed by atoms with Crippen LogP contribution in [-0.2, 0) is 23.2 Å². The van der Waals surface area contributed by atoms with Crippen LogP contribution in [0, 0.1) is 12.3 Å². The van der Waals surface area contributed by atoms with Gasteiger partial charge in [-0.1, -0.05) is 0 Å². The van der Waals surface area contributed by atoms with Crippen molar-refractivity contribution >= 4 is 17.8 Å². The van der Waals surface area contributed by atoms with Crippen molar-refractivity contribution < 1.29 is 21.1 Å². The maximum absolute atomic E-state index is 7.57. The number of benzene rings is 3. The molecule has 0 radical (unpaired) electrons. The third kappa shape index (κ3) is 6.30. The molecule has 0 bridgehead atoms. The van der Waals surface area contributed by atoms with Crippen molar-refractivity contribution in [3.05, 3.63) is 117 Å². The first kappa shape index (κ1) is 28.7. The average molecular weight is 557 g/mol. The SMILES string of the molecule is Cc1cc([O][Ti]([C]2=C(C(C)(C)C)C=CC2)=[C](c2ccccc2)c2ccccc2)c([SiH](C)C)c(C(C)(C)C)c1. The molecular formula is C35H44OSiTi. The van der Waals surface area contributed by atoms with Crippen LogP contribution < -0.4 is 8.51 Å². The van der Waals surface area contributed by atoms with E-state index in [-0.39, 0.29) is 10.8 Å². The molecule has 3 aromatic rings. The van der Waals surface area contributed by atoms with Gasteiger partial charge in [-0.15, -0.1) is 0 Å². The predicted octanol–water partition coefficient (Wildman–Crippen LogP) is 8.43. The molecule has 198 valence electrons. The van der Waals surface area contributed by atoms with E-state index in [1.54, 1.807) is 0 Å². The molecule has 0 atom stereocenters. The topological polar surface area (TPSA) is 9.23 Å². The van der Waals surface area contributed by atoms with Gasteiger partial charge in [0.2, 0.25) is 0 Å². The molecule has 38 heavy (non-hydrogen) atoms. The number of hydrogen-bond acceptors (Lipinski definition) is 1. The second kappa shape index (κ2) is 11.5. The fourth-order valence-corrected chi connectivity index (χ4v) is 11.9. The van der Waals surface area contributed by atoms with Gasteiger partial charge in [-0.2, -0.15) is 0 Å². The molecule has 0 N–H and O–H groups in total. The van der Waals surface area contributed by atoms with Gasteiger partial charge >= 0.3 is 240 Å². The number of rotatable bonds is 6. The number of aryl methyl sites for hydroxylation is 1. The molecule has 3 heteroatoms. The Hall–Kier alpha value is -2.26. The molecule has 1 nitrogen and oxygen atoms in total. The Bertz CT molecular complexity index is 1340. The molecule has 0 amide bonds. The Morgan fingerprint density at radius 1 is 0.789 bits per heavy atom. The van der Waals surface area contributed by atoms with E-state index in [0.29, 0.717) is 0 Å². The van der Waals surface area contributed by atoms with E-state index < -0.39 is 26.6 Å². The van der Waals surface area contributed by atoms with Crippen LogP contribution >= 0.6 is 0 Å². The molecule has 1 aliphatic rings. The van der Waals surface area contributed by atoms with E-state index in [1.807, 2.05) is 0 Å². The van der Waals surface area contributed by atoms with E-state index in [2.05, 4.69) is 147 Å². The van der Waals surface area contributed by atoms with Gasteiger partial charge in [0.05, 0.1) is 0 Å². The summed E-state index contributed by atoms with van der Waals surface area (Å²) in [6.07, 6.45) is 5.71. The van der Waals surface area contributed by atoms with E-state index in [1.165, 1.54) is 40.7 Å². The summed E-state index contributed by atoms with van der Waals surface area (Å²) in [6, 6.07) is 26.7. The van der Waals surface area contributed by atoms with Crippen molar-refractivity contribution in [2.45, 2.75) is 73.4 Å². The molecule has 0 aliphatic heterocycles. The normalized spacial score (nSPS) is 13.8. The predicted molar refractivity (Wildman–Crippen MR) is 165 cm³/mol. The summed E-state index contributed by atoms with van der Waals surface area (Å²) < 4.78 is 10.5. The second-order valence-electron chi connectivity index (χ2n) is 12.9. The Balaban J connectivity index is 2.10. The third-order valence-corrected chi connectivity index (χ3v) is 12.9. The van der Waals surface area contributed by atoms with E-state index in [4.69, 9.17) is 3.32 Å². The minimum absolute atomic E-state index is 0.0707. The van der Waals surface area contributed by atoms with Crippen LogP contribution in [0.2, 0.25) is 13.1 Å². The molecule has 0 aromatic heterocycles. The summed E-state index contributed by atoms with van der Waals surface area (Å²) in [5.74, 6) is 1.14. The first-order chi connectivity index (χ1) is 17.9. The Morgan fingerprint density at radius 2 is 1.34 bits per heavy atom. The van der Waals surface area contributed by atoms with Crippen LogP contribution in [0.15, 0.2) is 94.4 Å². The van der Waals surface area contributed by atoms with Gasteiger partial charge in [0.25, 0.3) is 0 Å². The quantitative estimate of drug-likeness (QED) is 0.277. The van der Waals surface area contributed by atoms with Crippen LogP contribution in [0.5, 0.6) is 5.75 Å². The number of hydrogen-bond donors (Lipinski definition) is 0. The molecule has 0 heterocycles. The van der Waals surface area contributed by atoms with Gasteiger partial charge in [-0.25, -0.2) is 0 Å². The van der Waals surface area contributed by atoms with Crippen LogP contribution in [0.1, 0.15) is 70.2 Å². The fraction of sp³-hybridized carbons (Fsp3) is 0.343. The van der Waals surface area contributed by atoms with Crippen LogP contribution in [-0.4, -0.2) is 12.6 Å². The van der Waals surface area contributed by atoms with Gasteiger partial charge in [-0.3, -0.25) is 0 Å². The van der Waals surface area contributed by atoms with Crippen LogP contribution in [0.3, 0.4) is 0 Å². The van der Waals surface area contributed by atoms with Crippen molar-refractivity contribution in [1.82, 2.24) is 0 Å². The molecule has 0 spiro atoms. The fourth-order valence-electron chi connectivity index (χ4n) is 5.50. The monoisotopic (exact) mass is 556 g/mol. The minimum atomic E-state index is -2.54. The molecule has 4 rings (SSSR count). The first-order valence-electron chi connectivity index (χ1n) is 14.0. The summed E-state index contributed by atoms with van der Waals surface area (Å²) in [6.45, 7) is 21.2. The van der Waals surface area contributed by atoms with Crippen molar-refractivity contribution in [1.29, 1.82) is 0 Å². The summed E-state index contributed by atoms with van der Waals surface area (Å²) >= 11 is -2.54. The summed E-state index contributed by atoms with van der Waals surface area (Å²) in [7, 11) is -1.19. The standard InChI is InChI=1S/C13H22OSi.C13H10.C9H13.Ti/c1-9-7-10(13(2,3)4)12(15(5)6)11(14)8-9;1-3-7-12(8-4-1)11-13-9-5-2-6-10-13;1-9(2,3)8-6-4-5-7-8;/h7-8,14-15H,1-6H3;1-10H;4,6H,5H2,1-3H3;/q;;;+1/p-1. The molecule has 3 aromatic carbocycles. The molecule has 1 aliphatic carbocycles. The average Bonchev–Trinajstić information content (AvgIpc) is 3.34. The maximum atomic E-state index is 7.57. The third-order valence-electron chi connectivity index (χ3n) is 7.25. The summed E-state index contributed by atoms with van der Waals surface area (Å²) in [4.78, 5) is 0. The van der Waals surface area contributed by atoms with Crippen LogP contribution in [0.25, 0.3) is 0 Å². The van der Waals surface area contributed by atoms with E-state index in [0.717, 1.165) is 12.2 Å². The van der Waals surface area contributed by atoms with Gasteiger partial charge in [0.15, 0.2) is 0 Å². The zero-order valence-electron chi connectivity index (χ0n) is 24.8. The van der Waals surface area contributed by atoms with Crippen molar-refractivity contribution in [3.63, 3.8) is 0 Å². The summed E-state index contributed by atoms with van der Waals surface area (Å²) in [5, 5.41) is 1.50. The molecular weight excluding hydrogens is 512 g/mol. The van der Waals surface area contributed by atoms with Crippen molar-refractivity contribution in [3.8, 4) is 5.75 Å². The van der Waals surface area contributed by atoms with Gasteiger partial charge < -0.3 is 0 Å². The van der Waals surface area contributed by atoms with E-state index in [9.17, 15) is 0 Å². The summed E-state index contributed by atoms with van der Waals surface area (Å²) in [5.41, 5.74) is 6.93.